The molecule has 38 heavy (non-hydrogen) atoms. The second kappa shape index (κ2) is 13.6. The smallest absolute Gasteiger partial charge is 0.408 e. The van der Waals surface area contributed by atoms with Crippen LogP contribution in [0.2, 0.25) is 0 Å². The molecular weight excluding hydrogens is 492 g/mol. The monoisotopic (exact) mass is 524 g/mol. The molecule has 0 aliphatic carbocycles. The van der Waals surface area contributed by atoms with Crippen molar-refractivity contribution < 1.29 is 33.8 Å². The van der Waals surface area contributed by atoms with Gasteiger partial charge >= 0.3 is 12.1 Å². The van der Waals surface area contributed by atoms with Crippen LogP contribution >= 0.6 is 0 Å². The van der Waals surface area contributed by atoms with Crippen molar-refractivity contribution in [3.63, 3.8) is 0 Å². The molecule has 0 radical (unpaired) electrons. The number of phenolic OH excluding ortho intramolecular Hbond substituents is 1. The van der Waals surface area contributed by atoms with Crippen molar-refractivity contribution in [2.75, 3.05) is 20.2 Å². The number of carbonyl (C=O) groups excluding carboxylic acids is 4. The highest BCUT2D eigenvalue weighted by Crippen LogP contribution is 2.23. The van der Waals surface area contributed by atoms with Gasteiger partial charge in [0, 0.05) is 6.42 Å². The van der Waals surface area contributed by atoms with Crippen molar-refractivity contribution in [2.45, 2.75) is 44.9 Å². The molecule has 11 heteroatoms. The van der Waals surface area contributed by atoms with Crippen LogP contribution in [-0.2, 0) is 30.3 Å². The minimum atomic E-state index is -1.30. The van der Waals surface area contributed by atoms with Gasteiger partial charge in [0.15, 0.2) is 0 Å². The molecule has 2 unspecified atom stereocenters. The van der Waals surface area contributed by atoms with Crippen molar-refractivity contribution >= 4 is 23.9 Å². The number of rotatable bonds is 10. The Morgan fingerprint density at radius 1 is 1.05 bits per heavy atom. The Labute approximate surface area is 221 Å². The molecule has 0 heterocycles. The number of amides is 3. The van der Waals surface area contributed by atoms with Crippen LogP contribution in [0.15, 0.2) is 54.6 Å². The van der Waals surface area contributed by atoms with Gasteiger partial charge in [0.2, 0.25) is 11.8 Å². The van der Waals surface area contributed by atoms with Gasteiger partial charge < -0.3 is 30.1 Å². The summed E-state index contributed by atoms with van der Waals surface area (Å²) in [5, 5.41) is 24.2. The Kier molecular flexibility index (Phi) is 10.6. The van der Waals surface area contributed by atoms with E-state index >= 15 is 0 Å². The van der Waals surface area contributed by atoms with Crippen LogP contribution in [0.1, 0.15) is 37.9 Å². The number of nitrogens with one attached hydrogen (secondary N) is 2. The molecule has 0 fully saturated rings. The molecule has 3 N–H and O–H groups in total. The molecule has 2 atom stereocenters. The summed E-state index contributed by atoms with van der Waals surface area (Å²) in [6, 6.07) is 13.7. The highest BCUT2D eigenvalue weighted by atomic mass is 16.6. The largest absolute Gasteiger partial charge is 0.508 e. The third kappa shape index (κ3) is 9.13. The van der Waals surface area contributed by atoms with Crippen LogP contribution in [0.3, 0.4) is 0 Å². The standard InChI is InChI=1S/C27H32N4O7/c1-27(2,3)38-26(36)30-21(16-18-10-12-20(32)13-11-18)25(35)31(15-14-28)23(19-8-6-5-7-9-19)24(34)29-17-22(33)37-4/h5-13,21,23,32H,15-17H2,1-4H3,(H,29,34)(H,30,36). The van der Waals surface area contributed by atoms with Gasteiger partial charge in [0.1, 0.15) is 36.5 Å². The predicted octanol–water partition coefficient (Wildman–Crippen LogP) is 2.21. The molecule has 2 aromatic carbocycles. The van der Waals surface area contributed by atoms with E-state index in [-0.39, 0.29) is 12.2 Å². The Balaban J connectivity index is 2.48. The molecular formula is C27H32N4O7. The van der Waals surface area contributed by atoms with Crippen LogP contribution < -0.4 is 10.6 Å². The lowest BCUT2D eigenvalue weighted by Gasteiger charge is -2.33. The van der Waals surface area contributed by atoms with Gasteiger partial charge in [0.05, 0.1) is 13.2 Å². The normalized spacial score (nSPS) is 12.3. The Bertz CT molecular complexity index is 1150. The molecule has 0 aliphatic heterocycles. The minimum Gasteiger partial charge on any atom is -0.508 e. The number of carbonyl (C=O) groups is 4. The molecule has 2 aromatic rings. The first-order valence-electron chi connectivity index (χ1n) is 11.8. The van der Waals surface area contributed by atoms with E-state index in [1.54, 1.807) is 63.2 Å². The van der Waals surface area contributed by atoms with Crippen molar-refractivity contribution in [1.82, 2.24) is 15.5 Å². The highest BCUT2D eigenvalue weighted by Gasteiger charge is 2.36. The van der Waals surface area contributed by atoms with Crippen LogP contribution in [0.4, 0.5) is 4.79 Å². The summed E-state index contributed by atoms with van der Waals surface area (Å²) in [7, 11) is 1.17. The lowest BCUT2D eigenvalue weighted by Crippen LogP contribution is -2.54. The Hall–Kier alpha value is -4.59. The summed E-state index contributed by atoms with van der Waals surface area (Å²) in [6.45, 7) is 4.07. The van der Waals surface area contributed by atoms with E-state index in [4.69, 9.17) is 4.74 Å². The van der Waals surface area contributed by atoms with Crippen molar-refractivity contribution in [3.8, 4) is 11.8 Å². The van der Waals surface area contributed by atoms with E-state index in [0.717, 1.165) is 4.90 Å². The fourth-order valence-corrected chi connectivity index (χ4v) is 3.53. The number of phenols is 1. The summed E-state index contributed by atoms with van der Waals surface area (Å²) in [6.07, 6.45) is -0.885. The molecule has 0 saturated carbocycles. The molecule has 2 rings (SSSR count). The van der Waals surface area contributed by atoms with Gasteiger partial charge in [-0.05, 0) is 44.0 Å². The summed E-state index contributed by atoms with van der Waals surface area (Å²) in [5.41, 5.74) is 0.141. The van der Waals surface area contributed by atoms with Crippen LogP contribution in [-0.4, -0.2) is 65.7 Å². The summed E-state index contributed by atoms with van der Waals surface area (Å²) in [5.74, 6) is -2.12. The zero-order valence-corrected chi connectivity index (χ0v) is 21.8. The SMILES string of the molecule is COC(=O)CNC(=O)C(c1ccccc1)N(CC#N)C(=O)C(Cc1ccc(O)cc1)NC(=O)OC(C)(C)C. The third-order valence-corrected chi connectivity index (χ3v) is 5.20. The van der Waals surface area contributed by atoms with Crippen LogP contribution in [0.25, 0.3) is 0 Å². The number of alkyl carbamates (subject to hydrolysis) is 1. The lowest BCUT2D eigenvalue weighted by molar-refractivity contribution is -0.144. The average molecular weight is 525 g/mol. The molecule has 11 nitrogen and oxygen atoms in total. The molecule has 0 saturated heterocycles. The van der Waals surface area contributed by atoms with Crippen molar-refractivity contribution in [1.29, 1.82) is 5.26 Å². The number of nitriles is 1. The topological polar surface area (TPSA) is 158 Å². The molecule has 0 aromatic heterocycles. The van der Waals surface area contributed by atoms with Crippen LogP contribution in [0.5, 0.6) is 5.75 Å². The minimum absolute atomic E-state index is 0.0222. The van der Waals surface area contributed by atoms with E-state index in [9.17, 15) is 29.5 Å². The number of benzene rings is 2. The number of hydrogen-bond acceptors (Lipinski definition) is 8. The lowest BCUT2D eigenvalue weighted by atomic mass is 10.0. The molecule has 202 valence electrons. The number of esters is 1. The van der Waals surface area contributed by atoms with Gasteiger partial charge in [-0.15, -0.1) is 0 Å². The van der Waals surface area contributed by atoms with E-state index in [1.165, 1.54) is 19.2 Å². The zero-order chi connectivity index (χ0) is 28.3. The van der Waals surface area contributed by atoms with Crippen molar-refractivity contribution in [3.05, 3.63) is 65.7 Å². The first kappa shape index (κ1) is 29.6. The van der Waals surface area contributed by atoms with Gasteiger partial charge in [-0.2, -0.15) is 5.26 Å². The number of ether oxygens (including phenoxy) is 2. The number of methoxy groups -OCH3 is 1. The van der Waals surface area contributed by atoms with Crippen LogP contribution in [0, 0.1) is 11.3 Å². The molecule has 0 aliphatic rings. The average Bonchev–Trinajstić information content (AvgIpc) is 2.87. The Morgan fingerprint density at radius 2 is 1.68 bits per heavy atom. The van der Waals surface area contributed by atoms with Crippen molar-refractivity contribution in [2.24, 2.45) is 0 Å². The van der Waals surface area contributed by atoms with Gasteiger partial charge in [-0.1, -0.05) is 42.5 Å². The Morgan fingerprint density at radius 3 is 2.24 bits per heavy atom. The van der Waals surface area contributed by atoms with Gasteiger partial charge in [0.25, 0.3) is 0 Å². The molecule has 0 spiro atoms. The maximum absolute atomic E-state index is 13.9. The summed E-state index contributed by atoms with van der Waals surface area (Å²) in [4.78, 5) is 52.5. The second-order valence-electron chi connectivity index (χ2n) is 9.30. The first-order chi connectivity index (χ1) is 17.9. The predicted molar refractivity (Wildman–Crippen MR) is 137 cm³/mol. The van der Waals surface area contributed by atoms with E-state index in [0.29, 0.717) is 11.1 Å². The summed E-state index contributed by atoms with van der Waals surface area (Å²) < 4.78 is 9.90. The first-order valence-corrected chi connectivity index (χ1v) is 11.8. The fraction of sp³-hybridized carbons (Fsp3) is 0.370. The van der Waals surface area contributed by atoms with E-state index in [1.807, 2.05) is 6.07 Å². The van der Waals surface area contributed by atoms with Gasteiger partial charge in [-0.3, -0.25) is 14.4 Å². The highest BCUT2D eigenvalue weighted by molar-refractivity contribution is 5.93. The third-order valence-electron chi connectivity index (χ3n) is 5.20. The maximum atomic E-state index is 13.9. The van der Waals surface area contributed by atoms with Gasteiger partial charge in [-0.25, -0.2) is 4.79 Å². The quantitative estimate of drug-likeness (QED) is 0.315. The molecule has 3 amide bonds. The van der Waals surface area contributed by atoms with E-state index < -0.39 is 54.7 Å². The second-order valence-corrected chi connectivity index (χ2v) is 9.30. The fourth-order valence-electron chi connectivity index (χ4n) is 3.53. The number of hydrogen-bond donors (Lipinski definition) is 3. The van der Waals surface area contributed by atoms with E-state index in [2.05, 4.69) is 15.4 Å². The maximum Gasteiger partial charge on any atom is 0.408 e. The number of aromatic hydroxyl groups is 1. The molecule has 0 bridgehead atoms. The zero-order valence-electron chi connectivity index (χ0n) is 21.8. The summed E-state index contributed by atoms with van der Waals surface area (Å²) >= 11 is 0. The number of nitrogens with zero attached hydrogens (tertiary/aromatic N) is 2.